The number of morpholine rings is 1. The highest BCUT2D eigenvalue weighted by Crippen LogP contribution is 2.15. The smallest absolute Gasteiger partial charge is 0.191 e. The second-order valence-corrected chi connectivity index (χ2v) is 8.11. The van der Waals surface area contributed by atoms with Crippen molar-refractivity contribution < 1.29 is 4.74 Å². The van der Waals surface area contributed by atoms with Crippen LogP contribution in [0.2, 0.25) is 0 Å². The Morgan fingerprint density at radius 2 is 1.93 bits per heavy atom. The maximum Gasteiger partial charge on any atom is 0.191 e. The molecule has 1 saturated heterocycles. The van der Waals surface area contributed by atoms with Crippen LogP contribution in [-0.2, 0) is 11.3 Å². The Labute approximate surface area is 197 Å². The highest BCUT2D eigenvalue weighted by atomic mass is 127. The minimum atomic E-state index is 0. The quantitative estimate of drug-likeness (QED) is 0.314. The average molecular weight is 528 g/mol. The number of aliphatic imine (C=N–C) groups is 1. The molecular formula is C22H37IN6O. The Kier molecular flexibility index (Phi) is 10.3. The normalized spacial score (nSPS) is 16.5. The van der Waals surface area contributed by atoms with Crippen LogP contribution in [0.3, 0.4) is 0 Å². The number of aryl methyl sites for hydroxylation is 1. The van der Waals surface area contributed by atoms with Gasteiger partial charge >= 0.3 is 0 Å². The lowest BCUT2D eigenvalue weighted by atomic mass is 10.0. The molecule has 7 nitrogen and oxygen atoms in total. The molecule has 1 aromatic carbocycles. The van der Waals surface area contributed by atoms with Crippen LogP contribution in [0.15, 0.2) is 29.3 Å². The number of hydrogen-bond acceptors (Lipinski definition) is 4. The SMILES string of the molecule is CN=C(NCCn1c(C)nc2ccccc21)NCC(CC(C)C)N1CCOCC1.I. The van der Waals surface area contributed by atoms with Gasteiger partial charge in [0.2, 0.25) is 0 Å². The van der Waals surface area contributed by atoms with E-state index in [1.54, 1.807) is 0 Å². The molecule has 168 valence electrons. The first-order valence-electron chi connectivity index (χ1n) is 10.8. The molecule has 1 fully saturated rings. The Bertz CT molecular complexity index is 800. The molecule has 30 heavy (non-hydrogen) atoms. The summed E-state index contributed by atoms with van der Waals surface area (Å²) < 4.78 is 7.78. The van der Waals surface area contributed by atoms with Crippen LogP contribution in [0.4, 0.5) is 0 Å². The first-order chi connectivity index (χ1) is 14.1. The molecule has 0 spiro atoms. The molecule has 2 heterocycles. The maximum atomic E-state index is 5.52. The topological polar surface area (TPSA) is 66.7 Å². The lowest BCUT2D eigenvalue weighted by molar-refractivity contribution is 0.0132. The van der Waals surface area contributed by atoms with E-state index in [4.69, 9.17) is 4.74 Å². The number of fused-ring (bicyclic) bond motifs is 1. The molecule has 8 heteroatoms. The van der Waals surface area contributed by atoms with Gasteiger partial charge in [-0.2, -0.15) is 0 Å². The first kappa shape index (κ1) is 24.9. The van der Waals surface area contributed by atoms with Crippen molar-refractivity contribution in [1.82, 2.24) is 25.1 Å². The number of halogens is 1. The van der Waals surface area contributed by atoms with Crippen molar-refractivity contribution >= 4 is 41.0 Å². The van der Waals surface area contributed by atoms with Gasteiger partial charge in [-0.3, -0.25) is 9.89 Å². The molecule has 3 rings (SSSR count). The van der Waals surface area contributed by atoms with Gasteiger partial charge in [0.15, 0.2) is 5.96 Å². The van der Waals surface area contributed by atoms with Gasteiger partial charge in [0.05, 0.1) is 24.2 Å². The van der Waals surface area contributed by atoms with E-state index in [0.717, 1.165) is 63.2 Å². The van der Waals surface area contributed by atoms with Gasteiger partial charge in [-0.1, -0.05) is 26.0 Å². The van der Waals surface area contributed by atoms with E-state index in [0.29, 0.717) is 12.0 Å². The molecule has 0 radical (unpaired) electrons. The Morgan fingerprint density at radius 3 is 2.63 bits per heavy atom. The summed E-state index contributed by atoms with van der Waals surface area (Å²) in [6, 6.07) is 8.78. The van der Waals surface area contributed by atoms with Crippen LogP contribution in [0, 0.1) is 12.8 Å². The Balaban J connectivity index is 0.00000320. The van der Waals surface area contributed by atoms with Crippen LogP contribution in [0.5, 0.6) is 0 Å². The minimum absolute atomic E-state index is 0. The number of guanidine groups is 1. The summed E-state index contributed by atoms with van der Waals surface area (Å²) in [6.07, 6.45) is 1.17. The molecule has 1 unspecified atom stereocenters. The van der Waals surface area contributed by atoms with Crippen molar-refractivity contribution in [3.05, 3.63) is 30.1 Å². The predicted octanol–water partition coefficient (Wildman–Crippen LogP) is 2.87. The number of nitrogens with zero attached hydrogens (tertiary/aromatic N) is 4. The van der Waals surface area contributed by atoms with Gasteiger partial charge < -0.3 is 19.9 Å². The van der Waals surface area contributed by atoms with Crippen molar-refractivity contribution in [2.75, 3.05) is 46.4 Å². The highest BCUT2D eigenvalue weighted by Gasteiger charge is 2.22. The summed E-state index contributed by atoms with van der Waals surface area (Å²) >= 11 is 0. The summed E-state index contributed by atoms with van der Waals surface area (Å²) in [6.45, 7) is 12.9. The van der Waals surface area contributed by atoms with E-state index in [9.17, 15) is 0 Å². The van der Waals surface area contributed by atoms with Crippen molar-refractivity contribution in [3.8, 4) is 0 Å². The number of para-hydroxylation sites is 2. The number of aromatic nitrogens is 2. The van der Waals surface area contributed by atoms with Gasteiger partial charge in [-0.25, -0.2) is 4.98 Å². The fourth-order valence-electron chi connectivity index (χ4n) is 4.05. The first-order valence-corrected chi connectivity index (χ1v) is 10.8. The Morgan fingerprint density at radius 1 is 1.20 bits per heavy atom. The number of nitrogens with one attached hydrogen (secondary N) is 2. The van der Waals surface area contributed by atoms with Crippen molar-refractivity contribution in [1.29, 1.82) is 0 Å². The molecule has 1 aliphatic rings. The van der Waals surface area contributed by atoms with Gasteiger partial charge in [-0.05, 0) is 31.4 Å². The van der Waals surface area contributed by atoms with Gasteiger partial charge in [0, 0.05) is 45.8 Å². The van der Waals surface area contributed by atoms with Crippen LogP contribution in [-0.4, -0.2) is 72.9 Å². The van der Waals surface area contributed by atoms with E-state index in [-0.39, 0.29) is 24.0 Å². The summed E-state index contributed by atoms with van der Waals surface area (Å²) in [7, 11) is 1.83. The molecule has 1 aliphatic heterocycles. The lowest BCUT2D eigenvalue weighted by Crippen LogP contribution is -2.51. The number of rotatable bonds is 8. The standard InChI is InChI=1S/C22H36N6O.HI/c1-17(2)15-19(27-11-13-29-14-12-27)16-25-22(23-4)24-9-10-28-18(3)26-20-7-5-6-8-21(20)28;/h5-8,17,19H,9-16H2,1-4H3,(H2,23,24,25);1H. The molecule has 2 N–H and O–H groups in total. The second-order valence-electron chi connectivity index (χ2n) is 8.11. The fraction of sp³-hybridized carbons (Fsp3) is 0.636. The third-order valence-electron chi connectivity index (χ3n) is 5.51. The fourth-order valence-corrected chi connectivity index (χ4v) is 4.05. The summed E-state index contributed by atoms with van der Waals surface area (Å²) in [4.78, 5) is 11.6. The zero-order chi connectivity index (χ0) is 20.6. The van der Waals surface area contributed by atoms with Gasteiger partial charge in [-0.15, -0.1) is 24.0 Å². The van der Waals surface area contributed by atoms with Crippen molar-refractivity contribution in [2.45, 2.75) is 39.8 Å². The van der Waals surface area contributed by atoms with Crippen LogP contribution < -0.4 is 10.6 Å². The molecule has 1 aromatic heterocycles. The molecule has 2 aromatic rings. The predicted molar refractivity (Wildman–Crippen MR) is 135 cm³/mol. The third-order valence-corrected chi connectivity index (χ3v) is 5.51. The second kappa shape index (κ2) is 12.5. The van der Waals surface area contributed by atoms with Crippen LogP contribution >= 0.6 is 24.0 Å². The average Bonchev–Trinajstić information content (AvgIpc) is 3.05. The van der Waals surface area contributed by atoms with E-state index in [2.05, 4.69) is 69.0 Å². The zero-order valence-electron chi connectivity index (χ0n) is 18.7. The van der Waals surface area contributed by atoms with E-state index < -0.39 is 0 Å². The molecule has 0 bridgehead atoms. The summed E-state index contributed by atoms with van der Waals surface area (Å²) in [5.41, 5.74) is 2.23. The molecule has 0 saturated carbocycles. The number of benzene rings is 1. The molecule has 1 atom stereocenters. The Hall–Kier alpha value is -1.39. The number of imidazole rings is 1. The third kappa shape index (κ3) is 6.81. The monoisotopic (exact) mass is 528 g/mol. The summed E-state index contributed by atoms with van der Waals surface area (Å²) in [5, 5.41) is 6.99. The van der Waals surface area contributed by atoms with E-state index >= 15 is 0 Å². The van der Waals surface area contributed by atoms with Crippen molar-refractivity contribution in [2.24, 2.45) is 10.9 Å². The molecule has 0 aliphatic carbocycles. The minimum Gasteiger partial charge on any atom is -0.379 e. The maximum absolute atomic E-state index is 5.52. The van der Waals surface area contributed by atoms with Gasteiger partial charge in [0.25, 0.3) is 0 Å². The molecule has 0 amide bonds. The van der Waals surface area contributed by atoms with E-state index in [1.807, 2.05) is 13.1 Å². The van der Waals surface area contributed by atoms with Gasteiger partial charge in [0.1, 0.15) is 5.82 Å². The number of ether oxygens (including phenoxy) is 1. The van der Waals surface area contributed by atoms with Crippen LogP contribution in [0.1, 0.15) is 26.1 Å². The highest BCUT2D eigenvalue weighted by molar-refractivity contribution is 14.0. The lowest BCUT2D eigenvalue weighted by Gasteiger charge is -2.35. The zero-order valence-corrected chi connectivity index (χ0v) is 21.1. The van der Waals surface area contributed by atoms with Crippen molar-refractivity contribution in [3.63, 3.8) is 0 Å². The van der Waals surface area contributed by atoms with Crippen LogP contribution in [0.25, 0.3) is 11.0 Å². The number of hydrogen-bond donors (Lipinski definition) is 2. The molecular weight excluding hydrogens is 491 g/mol. The largest absolute Gasteiger partial charge is 0.379 e. The summed E-state index contributed by atoms with van der Waals surface area (Å²) in [5.74, 6) is 2.56. The van der Waals surface area contributed by atoms with E-state index in [1.165, 1.54) is 11.9 Å².